The maximum absolute atomic E-state index is 11.8. The molecule has 0 aromatic carbocycles. The van der Waals surface area contributed by atoms with E-state index in [-0.39, 0.29) is 5.97 Å². The van der Waals surface area contributed by atoms with Crippen LogP contribution in [0.5, 0.6) is 0 Å². The molecule has 1 saturated heterocycles. The van der Waals surface area contributed by atoms with Gasteiger partial charge in [0, 0.05) is 13.1 Å². The van der Waals surface area contributed by atoms with Gasteiger partial charge in [0.05, 0.1) is 17.3 Å². The van der Waals surface area contributed by atoms with Crippen LogP contribution in [-0.2, 0) is 4.74 Å². The fourth-order valence-corrected chi connectivity index (χ4v) is 3.74. The molecule has 106 valence electrons. The molecule has 0 spiro atoms. The van der Waals surface area contributed by atoms with Gasteiger partial charge in [0.1, 0.15) is 4.88 Å². The molecule has 0 amide bonds. The Morgan fingerprint density at radius 3 is 2.68 bits per heavy atom. The SMILES string of the molecule is CCOC(=O)c1sc(N2CC(C)CC(C)C2)cc1N. The third kappa shape index (κ3) is 3.21. The monoisotopic (exact) mass is 282 g/mol. The molecule has 4 nitrogen and oxygen atoms in total. The molecule has 1 fully saturated rings. The molecule has 2 N–H and O–H groups in total. The summed E-state index contributed by atoms with van der Waals surface area (Å²) in [5, 5.41) is 1.08. The van der Waals surface area contributed by atoms with Crippen LogP contribution in [0.3, 0.4) is 0 Å². The fraction of sp³-hybridized carbons (Fsp3) is 0.643. The summed E-state index contributed by atoms with van der Waals surface area (Å²) in [4.78, 5) is 14.6. The number of nitrogen functional groups attached to an aromatic ring is 1. The highest BCUT2D eigenvalue weighted by Gasteiger charge is 2.25. The third-order valence-electron chi connectivity index (χ3n) is 3.39. The van der Waals surface area contributed by atoms with E-state index in [9.17, 15) is 4.79 Å². The lowest BCUT2D eigenvalue weighted by Gasteiger charge is -2.35. The number of carbonyl (C=O) groups is 1. The lowest BCUT2D eigenvalue weighted by Crippen LogP contribution is -2.38. The number of anilines is 2. The molecule has 0 bridgehead atoms. The zero-order chi connectivity index (χ0) is 14.0. The summed E-state index contributed by atoms with van der Waals surface area (Å²) < 4.78 is 5.02. The highest BCUT2D eigenvalue weighted by atomic mass is 32.1. The molecule has 1 aromatic heterocycles. The third-order valence-corrected chi connectivity index (χ3v) is 4.58. The summed E-state index contributed by atoms with van der Waals surface area (Å²) in [6.07, 6.45) is 1.27. The number of hydrogen-bond donors (Lipinski definition) is 1. The Hall–Kier alpha value is -1.23. The number of rotatable bonds is 3. The summed E-state index contributed by atoms with van der Waals surface area (Å²) in [6.45, 7) is 8.79. The van der Waals surface area contributed by atoms with E-state index in [0.29, 0.717) is 29.0 Å². The summed E-state index contributed by atoms with van der Waals surface area (Å²) in [5.74, 6) is 1.05. The first-order valence-electron chi connectivity index (χ1n) is 6.82. The Kier molecular flexibility index (Phi) is 4.34. The lowest BCUT2D eigenvalue weighted by atomic mass is 9.92. The molecule has 1 aliphatic heterocycles. The van der Waals surface area contributed by atoms with Crippen molar-refractivity contribution in [3.63, 3.8) is 0 Å². The predicted molar refractivity (Wildman–Crippen MR) is 79.8 cm³/mol. The maximum Gasteiger partial charge on any atom is 0.350 e. The first-order chi connectivity index (χ1) is 9.01. The molecular formula is C14H22N2O2S. The van der Waals surface area contributed by atoms with Gasteiger partial charge in [0.25, 0.3) is 0 Å². The molecule has 0 radical (unpaired) electrons. The zero-order valence-electron chi connectivity index (χ0n) is 11.8. The van der Waals surface area contributed by atoms with E-state index in [1.54, 1.807) is 6.92 Å². The molecule has 0 aliphatic carbocycles. The van der Waals surface area contributed by atoms with Gasteiger partial charge in [-0.15, -0.1) is 11.3 Å². The predicted octanol–water partition coefficient (Wildman–Crippen LogP) is 2.99. The number of carbonyl (C=O) groups excluding carboxylic acids is 1. The topological polar surface area (TPSA) is 55.6 Å². The molecule has 0 saturated carbocycles. The second-order valence-corrected chi connectivity index (χ2v) is 6.47. The highest BCUT2D eigenvalue weighted by molar-refractivity contribution is 7.18. The van der Waals surface area contributed by atoms with E-state index in [0.717, 1.165) is 18.1 Å². The van der Waals surface area contributed by atoms with Crippen molar-refractivity contribution < 1.29 is 9.53 Å². The van der Waals surface area contributed by atoms with Gasteiger partial charge in [-0.25, -0.2) is 4.79 Å². The summed E-state index contributed by atoms with van der Waals surface area (Å²) in [6, 6.07) is 1.90. The quantitative estimate of drug-likeness (QED) is 0.866. The van der Waals surface area contributed by atoms with E-state index in [2.05, 4.69) is 18.7 Å². The van der Waals surface area contributed by atoms with Gasteiger partial charge in [0.2, 0.25) is 0 Å². The van der Waals surface area contributed by atoms with Gasteiger partial charge in [0.15, 0.2) is 0 Å². The number of ether oxygens (including phenoxy) is 1. The van der Waals surface area contributed by atoms with E-state index >= 15 is 0 Å². The lowest BCUT2D eigenvalue weighted by molar-refractivity contribution is 0.0533. The van der Waals surface area contributed by atoms with Gasteiger partial charge < -0.3 is 15.4 Å². The smallest absolute Gasteiger partial charge is 0.350 e. The standard InChI is InChI=1S/C14H22N2O2S/c1-4-18-14(17)13-11(15)6-12(19-13)16-7-9(2)5-10(3)8-16/h6,9-10H,4-5,7-8,15H2,1-3H3. The van der Waals surface area contributed by atoms with Crippen molar-refractivity contribution in [1.29, 1.82) is 0 Å². The Morgan fingerprint density at radius 2 is 2.11 bits per heavy atom. The summed E-state index contributed by atoms with van der Waals surface area (Å²) >= 11 is 1.44. The normalized spacial score (nSPS) is 23.4. The first-order valence-corrected chi connectivity index (χ1v) is 7.64. The van der Waals surface area contributed by atoms with Crippen LogP contribution in [-0.4, -0.2) is 25.7 Å². The van der Waals surface area contributed by atoms with Crippen molar-refractivity contribution in [3.8, 4) is 0 Å². The average molecular weight is 282 g/mol. The van der Waals surface area contributed by atoms with Crippen LogP contribution in [0, 0.1) is 11.8 Å². The molecular weight excluding hydrogens is 260 g/mol. The molecule has 19 heavy (non-hydrogen) atoms. The molecule has 1 aliphatic rings. The fourth-order valence-electron chi connectivity index (χ4n) is 2.75. The minimum absolute atomic E-state index is 0.311. The van der Waals surface area contributed by atoms with Crippen LogP contribution < -0.4 is 10.6 Å². The van der Waals surface area contributed by atoms with E-state index in [4.69, 9.17) is 10.5 Å². The molecule has 2 heterocycles. The molecule has 2 rings (SSSR count). The number of thiophene rings is 1. The van der Waals surface area contributed by atoms with Crippen LogP contribution in [0.1, 0.15) is 36.9 Å². The number of hydrogen-bond acceptors (Lipinski definition) is 5. The number of esters is 1. The Labute approximate surface area is 118 Å². The maximum atomic E-state index is 11.8. The Balaban J connectivity index is 2.17. The van der Waals surface area contributed by atoms with Gasteiger partial charge in [-0.1, -0.05) is 13.8 Å². The minimum Gasteiger partial charge on any atom is -0.462 e. The van der Waals surface area contributed by atoms with E-state index < -0.39 is 0 Å². The van der Waals surface area contributed by atoms with Crippen LogP contribution in [0.15, 0.2) is 6.07 Å². The highest BCUT2D eigenvalue weighted by Crippen LogP contribution is 2.35. The average Bonchev–Trinajstić information content (AvgIpc) is 2.70. The number of piperidine rings is 1. The van der Waals surface area contributed by atoms with Gasteiger partial charge in [-0.3, -0.25) is 0 Å². The molecule has 2 atom stereocenters. The van der Waals surface area contributed by atoms with Crippen LogP contribution >= 0.6 is 11.3 Å². The summed E-state index contributed by atoms with van der Waals surface area (Å²) in [5.41, 5.74) is 6.46. The molecule has 1 aromatic rings. The largest absolute Gasteiger partial charge is 0.462 e. The minimum atomic E-state index is -0.311. The van der Waals surface area contributed by atoms with E-state index in [1.165, 1.54) is 17.8 Å². The first kappa shape index (κ1) is 14.2. The van der Waals surface area contributed by atoms with Crippen LogP contribution in [0.25, 0.3) is 0 Å². The number of nitrogens with two attached hydrogens (primary N) is 1. The van der Waals surface area contributed by atoms with E-state index in [1.807, 2.05) is 6.07 Å². The van der Waals surface area contributed by atoms with Crippen LogP contribution in [0.2, 0.25) is 0 Å². The molecule has 2 unspecified atom stereocenters. The van der Waals surface area contributed by atoms with Crippen molar-refractivity contribution >= 4 is 28.0 Å². The zero-order valence-corrected chi connectivity index (χ0v) is 12.6. The second-order valence-electron chi connectivity index (χ2n) is 5.44. The summed E-state index contributed by atoms with van der Waals surface area (Å²) in [7, 11) is 0. The number of nitrogens with zero attached hydrogens (tertiary/aromatic N) is 1. The van der Waals surface area contributed by atoms with Gasteiger partial charge >= 0.3 is 5.97 Å². The van der Waals surface area contributed by atoms with Crippen molar-refractivity contribution in [3.05, 3.63) is 10.9 Å². The van der Waals surface area contributed by atoms with Gasteiger partial charge in [-0.2, -0.15) is 0 Å². The Morgan fingerprint density at radius 1 is 1.47 bits per heavy atom. The Bertz CT molecular complexity index is 448. The molecule has 5 heteroatoms. The van der Waals surface area contributed by atoms with Crippen LogP contribution in [0.4, 0.5) is 10.7 Å². The second kappa shape index (κ2) is 5.82. The van der Waals surface area contributed by atoms with Crippen molar-refractivity contribution in [2.75, 3.05) is 30.3 Å². The van der Waals surface area contributed by atoms with Crippen molar-refractivity contribution in [2.24, 2.45) is 11.8 Å². The van der Waals surface area contributed by atoms with Gasteiger partial charge in [-0.05, 0) is 31.2 Å². The van der Waals surface area contributed by atoms with Crippen molar-refractivity contribution in [2.45, 2.75) is 27.2 Å². The van der Waals surface area contributed by atoms with Crippen molar-refractivity contribution in [1.82, 2.24) is 0 Å².